The van der Waals surface area contributed by atoms with Crippen LogP contribution in [0, 0.1) is 6.92 Å². The molecule has 1 amide bonds. The lowest BCUT2D eigenvalue weighted by Crippen LogP contribution is -2.48. The Morgan fingerprint density at radius 2 is 1.88 bits per heavy atom. The molecule has 3 aromatic rings. The number of para-hydroxylation sites is 1. The number of hydrogen-bond donors (Lipinski definition) is 0. The van der Waals surface area contributed by atoms with Crippen molar-refractivity contribution in [3.05, 3.63) is 36.0 Å². The second-order valence-corrected chi connectivity index (χ2v) is 7.18. The first kappa shape index (κ1) is 16.1. The standard InChI is InChI=1S/C18H21N5OS/c1-3-15(24)21-9-11-22(12-10-21)18-19-17-16(25-18)13(2)20-23(17)14-7-5-4-6-8-14/h4-8H,3,9-12H2,1-2H3. The highest BCUT2D eigenvalue weighted by molar-refractivity contribution is 7.22. The molecule has 1 aliphatic rings. The average molecular weight is 355 g/mol. The summed E-state index contributed by atoms with van der Waals surface area (Å²) < 4.78 is 3.05. The molecule has 130 valence electrons. The number of rotatable bonds is 3. The third kappa shape index (κ3) is 2.89. The lowest BCUT2D eigenvalue weighted by Gasteiger charge is -2.34. The van der Waals surface area contributed by atoms with Gasteiger partial charge in [0.1, 0.15) is 0 Å². The van der Waals surface area contributed by atoms with E-state index in [1.54, 1.807) is 11.3 Å². The van der Waals surface area contributed by atoms with Crippen LogP contribution < -0.4 is 4.90 Å². The third-order valence-corrected chi connectivity index (χ3v) is 5.80. The number of thiazole rings is 1. The van der Waals surface area contributed by atoms with Gasteiger partial charge in [-0.15, -0.1) is 0 Å². The highest BCUT2D eigenvalue weighted by atomic mass is 32.1. The Morgan fingerprint density at radius 1 is 1.16 bits per heavy atom. The first-order chi connectivity index (χ1) is 12.2. The molecule has 1 saturated heterocycles. The first-order valence-corrected chi connectivity index (χ1v) is 9.43. The minimum absolute atomic E-state index is 0.236. The van der Waals surface area contributed by atoms with E-state index in [2.05, 4.69) is 10.00 Å². The maximum Gasteiger partial charge on any atom is 0.222 e. The molecule has 1 aliphatic heterocycles. The fourth-order valence-corrected chi connectivity index (χ4v) is 4.22. The van der Waals surface area contributed by atoms with E-state index < -0.39 is 0 Å². The summed E-state index contributed by atoms with van der Waals surface area (Å²) in [5.41, 5.74) is 2.94. The van der Waals surface area contributed by atoms with Crippen LogP contribution in [0.15, 0.2) is 30.3 Å². The topological polar surface area (TPSA) is 54.3 Å². The molecule has 2 aromatic heterocycles. The molecule has 0 atom stereocenters. The van der Waals surface area contributed by atoms with Crippen molar-refractivity contribution in [3.63, 3.8) is 0 Å². The van der Waals surface area contributed by atoms with Crippen molar-refractivity contribution in [3.8, 4) is 5.69 Å². The van der Waals surface area contributed by atoms with Crippen LogP contribution in [0.1, 0.15) is 19.0 Å². The number of anilines is 1. The molecule has 3 heterocycles. The number of aromatic nitrogens is 3. The van der Waals surface area contributed by atoms with Gasteiger partial charge < -0.3 is 9.80 Å². The smallest absolute Gasteiger partial charge is 0.222 e. The number of piperazine rings is 1. The van der Waals surface area contributed by atoms with Gasteiger partial charge in [-0.3, -0.25) is 4.79 Å². The third-order valence-electron chi connectivity index (χ3n) is 4.58. The van der Waals surface area contributed by atoms with E-state index in [0.29, 0.717) is 6.42 Å². The molecular formula is C18H21N5OS. The second-order valence-electron chi connectivity index (χ2n) is 6.20. The molecule has 4 rings (SSSR count). The number of amides is 1. The van der Waals surface area contributed by atoms with E-state index in [0.717, 1.165) is 53.0 Å². The van der Waals surface area contributed by atoms with E-state index in [1.807, 2.05) is 53.8 Å². The average Bonchev–Trinajstić information content (AvgIpc) is 3.23. The van der Waals surface area contributed by atoms with Crippen LogP contribution in [0.3, 0.4) is 0 Å². The van der Waals surface area contributed by atoms with Gasteiger partial charge >= 0.3 is 0 Å². The summed E-state index contributed by atoms with van der Waals surface area (Å²) in [4.78, 5) is 20.9. The van der Waals surface area contributed by atoms with E-state index in [9.17, 15) is 4.79 Å². The van der Waals surface area contributed by atoms with E-state index in [4.69, 9.17) is 4.98 Å². The molecule has 1 aromatic carbocycles. The SMILES string of the molecule is CCC(=O)N1CCN(c2nc3c(s2)c(C)nn3-c2ccccc2)CC1. The quantitative estimate of drug-likeness (QED) is 0.725. The predicted octanol–water partition coefficient (Wildman–Crippen LogP) is 2.85. The van der Waals surface area contributed by atoms with Crippen LogP contribution in [0.5, 0.6) is 0 Å². The Kier molecular flexibility index (Phi) is 4.17. The van der Waals surface area contributed by atoms with Crippen molar-refractivity contribution in [1.82, 2.24) is 19.7 Å². The van der Waals surface area contributed by atoms with Crippen molar-refractivity contribution in [2.24, 2.45) is 0 Å². The summed E-state index contributed by atoms with van der Waals surface area (Å²) in [6, 6.07) is 10.1. The number of benzene rings is 1. The lowest BCUT2D eigenvalue weighted by molar-refractivity contribution is -0.131. The van der Waals surface area contributed by atoms with Crippen molar-refractivity contribution >= 4 is 32.7 Å². The zero-order chi connectivity index (χ0) is 17.4. The zero-order valence-electron chi connectivity index (χ0n) is 14.5. The number of nitrogens with zero attached hydrogens (tertiary/aromatic N) is 5. The van der Waals surface area contributed by atoms with Crippen molar-refractivity contribution < 1.29 is 4.79 Å². The zero-order valence-corrected chi connectivity index (χ0v) is 15.3. The Labute approximate surface area is 150 Å². The Morgan fingerprint density at radius 3 is 2.56 bits per heavy atom. The maximum absolute atomic E-state index is 11.8. The van der Waals surface area contributed by atoms with Gasteiger partial charge in [0.25, 0.3) is 0 Å². The normalized spacial score (nSPS) is 15.1. The highest BCUT2D eigenvalue weighted by Gasteiger charge is 2.24. The summed E-state index contributed by atoms with van der Waals surface area (Å²) >= 11 is 1.69. The molecule has 0 radical (unpaired) electrons. The van der Waals surface area contributed by atoms with Crippen molar-refractivity contribution in [1.29, 1.82) is 0 Å². The molecule has 0 spiro atoms. The minimum atomic E-state index is 0.236. The molecule has 0 N–H and O–H groups in total. The monoisotopic (exact) mass is 355 g/mol. The molecule has 0 unspecified atom stereocenters. The summed E-state index contributed by atoms with van der Waals surface area (Å²) in [5.74, 6) is 0.236. The van der Waals surface area contributed by atoms with Crippen LogP contribution in [0.2, 0.25) is 0 Å². The predicted molar refractivity (Wildman–Crippen MR) is 101 cm³/mol. The number of fused-ring (bicyclic) bond motifs is 1. The van der Waals surface area contributed by atoms with Crippen molar-refractivity contribution in [2.45, 2.75) is 20.3 Å². The number of aryl methyl sites for hydroxylation is 1. The van der Waals surface area contributed by atoms with E-state index in [-0.39, 0.29) is 5.91 Å². The molecule has 0 saturated carbocycles. The van der Waals surface area contributed by atoms with E-state index >= 15 is 0 Å². The molecule has 1 fully saturated rings. The van der Waals surface area contributed by atoms with Crippen LogP contribution in [0.4, 0.5) is 5.13 Å². The molecule has 7 heteroatoms. The Hall–Kier alpha value is -2.41. The number of carbonyl (C=O) groups is 1. The van der Waals surface area contributed by atoms with Crippen LogP contribution in [-0.2, 0) is 4.79 Å². The summed E-state index contributed by atoms with van der Waals surface area (Å²) in [5, 5.41) is 5.66. The van der Waals surface area contributed by atoms with E-state index in [1.165, 1.54) is 0 Å². The highest BCUT2D eigenvalue weighted by Crippen LogP contribution is 2.32. The molecule has 0 bridgehead atoms. The van der Waals surface area contributed by atoms with Crippen LogP contribution in [-0.4, -0.2) is 51.8 Å². The summed E-state index contributed by atoms with van der Waals surface area (Å²) in [7, 11) is 0. The van der Waals surface area contributed by atoms with Gasteiger partial charge in [0.15, 0.2) is 10.8 Å². The van der Waals surface area contributed by atoms with Gasteiger partial charge in [0.2, 0.25) is 5.91 Å². The largest absolute Gasteiger partial charge is 0.344 e. The van der Waals surface area contributed by atoms with Gasteiger partial charge in [0.05, 0.1) is 16.1 Å². The Bertz CT molecular complexity index is 893. The van der Waals surface area contributed by atoms with Crippen LogP contribution in [0.25, 0.3) is 16.0 Å². The number of carbonyl (C=O) groups excluding carboxylic acids is 1. The van der Waals surface area contributed by atoms with Crippen molar-refractivity contribution in [2.75, 3.05) is 31.1 Å². The summed E-state index contributed by atoms with van der Waals surface area (Å²) in [6.45, 7) is 7.15. The van der Waals surface area contributed by atoms with Gasteiger partial charge in [-0.05, 0) is 19.1 Å². The minimum Gasteiger partial charge on any atom is -0.344 e. The fraction of sp³-hybridized carbons (Fsp3) is 0.389. The first-order valence-electron chi connectivity index (χ1n) is 8.61. The van der Waals surface area contributed by atoms with Gasteiger partial charge in [-0.1, -0.05) is 36.5 Å². The molecular weight excluding hydrogens is 334 g/mol. The molecule has 6 nitrogen and oxygen atoms in total. The molecule has 0 aliphatic carbocycles. The van der Waals surface area contributed by atoms with Gasteiger partial charge in [0, 0.05) is 32.6 Å². The lowest BCUT2D eigenvalue weighted by atomic mass is 10.3. The van der Waals surface area contributed by atoms with Gasteiger partial charge in [-0.2, -0.15) is 10.1 Å². The fourth-order valence-electron chi connectivity index (χ4n) is 3.18. The molecule has 25 heavy (non-hydrogen) atoms. The maximum atomic E-state index is 11.8. The number of hydrogen-bond acceptors (Lipinski definition) is 5. The van der Waals surface area contributed by atoms with Crippen LogP contribution >= 0.6 is 11.3 Å². The Balaban J connectivity index is 1.61. The second kappa shape index (κ2) is 6.48. The van der Waals surface area contributed by atoms with Gasteiger partial charge in [-0.25, -0.2) is 4.68 Å². The summed E-state index contributed by atoms with van der Waals surface area (Å²) in [6.07, 6.45) is 0.577.